The van der Waals surface area contributed by atoms with E-state index in [0.29, 0.717) is 25.2 Å². The van der Waals surface area contributed by atoms with E-state index >= 15 is 0 Å². The Morgan fingerprint density at radius 3 is 2.14 bits per heavy atom. The van der Waals surface area contributed by atoms with Crippen molar-refractivity contribution in [3.8, 4) is 0 Å². The molecule has 22 heavy (non-hydrogen) atoms. The highest BCUT2D eigenvalue weighted by atomic mass is 16.7. The Morgan fingerprint density at radius 1 is 1.05 bits per heavy atom. The van der Waals surface area contributed by atoms with Crippen LogP contribution < -0.4 is 0 Å². The van der Waals surface area contributed by atoms with Crippen LogP contribution in [-0.4, -0.2) is 29.3 Å². The van der Waals surface area contributed by atoms with Crippen LogP contribution in [0.5, 0.6) is 0 Å². The molecule has 1 atom stereocenters. The molecule has 0 spiro atoms. The number of rotatable bonds is 7. The van der Waals surface area contributed by atoms with Crippen LogP contribution in [0, 0.1) is 17.8 Å². The molecule has 0 radical (unpaired) electrons. The van der Waals surface area contributed by atoms with Crippen molar-refractivity contribution in [3.05, 3.63) is 0 Å². The van der Waals surface area contributed by atoms with Crippen LogP contribution in [0.1, 0.15) is 59.3 Å². The molecule has 6 nitrogen and oxygen atoms in total. The summed E-state index contributed by atoms with van der Waals surface area (Å²) in [6, 6.07) is 0. The summed E-state index contributed by atoms with van der Waals surface area (Å²) < 4.78 is 10.0. The van der Waals surface area contributed by atoms with Crippen LogP contribution in [0.4, 0.5) is 0 Å². The lowest BCUT2D eigenvalue weighted by Gasteiger charge is -2.25. The van der Waals surface area contributed by atoms with Gasteiger partial charge in [0.2, 0.25) is 6.29 Å². The Morgan fingerprint density at radius 2 is 1.64 bits per heavy atom. The summed E-state index contributed by atoms with van der Waals surface area (Å²) in [4.78, 5) is 33.9. The van der Waals surface area contributed by atoms with Crippen molar-refractivity contribution in [2.75, 3.05) is 0 Å². The van der Waals surface area contributed by atoms with Crippen LogP contribution in [0.2, 0.25) is 0 Å². The number of carboxylic acid groups (broad SMARTS) is 1. The van der Waals surface area contributed by atoms with Gasteiger partial charge in [0.15, 0.2) is 0 Å². The number of esters is 2. The van der Waals surface area contributed by atoms with E-state index in [4.69, 9.17) is 14.6 Å². The van der Waals surface area contributed by atoms with Gasteiger partial charge in [-0.2, -0.15) is 0 Å². The van der Waals surface area contributed by atoms with E-state index in [9.17, 15) is 14.4 Å². The van der Waals surface area contributed by atoms with Gasteiger partial charge < -0.3 is 14.6 Å². The zero-order valence-electron chi connectivity index (χ0n) is 13.5. The Bertz CT molecular complexity index is 395. The number of ether oxygens (including phenoxy) is 2. The largest absolute Gasteiger partial charge is 0.481 e. The van der Waals surface area contributed by atoms with E-state index in [2.05, 4.69) is 0 Å². The quantitative estimate of drug-likeness (QED) is 0.574. The molecule has 1 aliphatic carbocycles. The maximum absolute atomic E-state index is 11.7. The van der Waals surface area contributed by atoms with Crippen LogP contribution in [-0.2, 0) is 23.9 Å². The molecular weight excluding hydrogens is 288 g/mol. The molecule has 0 amide bonds. The lowest BCUT2D eigenvalue weighted by atomic mass is 9.80. The summed E-state index contributed by atoms with van der Waals surface area (Å²) in [7, 11) is 0. The molecular formula is C16H26O6. The fraction of sp³-hybridized carbons (Fsp3) is 0.812. The lowest BCUT2D eigenvalue weighted by Crippen LogP contribution is -2.25. The fourth-order valence-corrected chi connectivity index (χ4v) is 2.59. The predicted octanol–water partition coefficient (Wildman–Crippen LogP) is 2.75. The smallest absolute Gasteiger partial charge is 0.311 e. The molecule has 1 saturated carbocycles. The number of hydrogen-bond donors (Lipinski definition) is 1. The minimum Gasteiger partial charge on any atom is -0.481 e. The van der Waals surface area contributed by atoms with Crippen molar-refractivity contribution in [3.63, 3.8) is 0 Å². The van der Waals surface area contributed by atoms with Crippen LogP contribution in [0.25, 0.3) is 0 Å². The Balaban J connectivity index is 2.21. The second kappa shape index (κ2) is 8.76. The first-order chi connectivity index (χ1) is 10.3. The molecule has 1 unspecified atom stereocenters. The van der Waals surface area contributed by atoms with Gasteiger partial charge in [-0.25, -0.2) is 0 Å². The predicted molar refractivity (Wildman–Crippen MR) is 78.8 cm³/mol. The molecule has 1 N–H and O–H groups in total. The molecule has 0 heterocycles. The van der Waals surface area contributed by atoms with E-state index in [1.54, 1.807) is 13.8 Å². The van der Waals surface area contributed by atoms with Crippen molar-refractivity contribution in [1.82, 2.24) is 0 Å². The van der Waals surface area contributed by atoms with Gasteiger partial charge in [-0.15, -0.1) is 0 Å². The number of aliphatic carboxylic acids is 1. The first-order valence-electron chi connectivity index (χ1n) is 7.92. The highest BCUT2D eigenvalue weighted by Gasteiger charge is 2.26. The number of carbonyl (C=O) groups excluding carboxylic acids is 2. The molecule has 1 fully saturated rings. The Labute approximate surface area is 131 Å². The van der Waals surface area contributed by atoms with Crippen LogP contribution in [0.15, 0.2) is 0 Å². The topological polar surface area (TPSA) is 89.9 Å². The molecule has 0 aromatic carbocycles. The summed E-state index contributed by atoms with van der Waals surface area (Å²) in [6.07, 6.45) is 3.12. The van der Waals surface area contributed by atoms with Gasteiger partial charge in [0.1, 0.15) is 0 Å². The Hall–Kier alpha value is -1.59. The van der Waals surface area contributed by atoms with E-state index in [0.717, 1.165) is 12.8 Å². The molecule has 1 rings (SSSR count). The zero-order chi connectivity index (χ0) is 16.7. The average Bonchev–Trinajstić information content (AvgIpc) is 2.45. The standard InChI is InChI=1S/C16H26O6/c1-10(2)16(20)22-11(3)21-14(17)9-6-12-4-7-13(8-5-12)15(18)19/h10-13H,4-9H2,1-3H3,(H,18,19). The third kappa shape index (κ3) is 6.45. The fourth-order valence-electron chi connectivity index (χ4n) is 2.59. The summed E-state index contributed by atoms with van der Waals surface area (Å²) in [6.45, 7) is 4.95. The number of hydrogen-bond acceptors (Lipinski definition) is 5. The highest BCUT2D eigenvalue weighted by molar-refractivity contribution is 5.72. The lowest BCUT2D eigenvalue weighted by molar-refractivity contribution is -0.187. The van der Waals surface area contributed by atoms with Gasteiger partial charge in [0.25, 0.3) is 0 Å². The second-order valence-electron chi connectivity index (χ2n) is 6.24. The van der Waals surface area contributed by atoms with Crippen molar-refractivity contribution in [2.24, 2.45) is 17.8 Å². The average molecular weight is 314 g/mol. The van der Waals surface area contributed by atoms with Crippen LogP contribution in [0.3, 0.4) is 0 Å². The van der Waals surface area contributed by atoms with Crippen molar-refractivity contribution >= 4 is 17.9 Å². The van der Waals surface area contributed by atoms with Crippen molar-refractivity contribution in [1.29, 1.82) is 0 Å². The highest BCUT2D eigenvalue weighted by Crippen LogP contribution is 2.31. The third-order valence-electron chi connectivity index (χ3n) is 4.00. The third-order valence-corrected chi connectivity index (χ3v) is 4.00. The molecule has 1 aliphatic rings. The van der Waals surface area contributed by atoms with Gasteiger partial charge in [0.05, 0.1) is 11.8 Å². The van der Waals surface area contributed by atoms with E-state index in [-0.39, 0.29) is 24.2 Å². The van der Waals surface area contributed by atoms with Gasteiger partial charge in [-0.05, 0) is 38.0 Å². The first-order valence-corrected chi connectivity index (χ1v) is 7.92. The van der Waals surface area contributed by atoms with Gasteiger partial charge in [0, 0.05) is 13.3 Å². The summed E-state index contributed by atoms with van der Waals surface area (Å²) >= 11 is 0. The van der Waals surface area contributed by atoms with Gasteiger partial charge >= 0.3 is 17.9 Å². The molecule has 0 aliphatic heterocycles. The SMILES string of the molecule is CC(OC(=O)CCC1CCC(C(=O)O)CC1)OC(=O)C(C)C. The maximum atomic E-state index is 11.7. The minimum absolute atomic E-state index is 0.237. The summed E-state index contributed by atoms with van der Waals surface area (Å²) in [5.41, 5.74) is 0. The monoisotopic (exact) mass is 314 g/mol. The molecule has 0 bridgehead atoms. The second-order valence-corrected chi connectivity index (χ2v) is 6.24. The summed E-state index contributed by atoms with van der Waals surface area (Å²) in [5.74, 6) is -1.63. The maximum Gasteiger partial charge on any atom is 0.311 e. The van der Waals surface area contributed by atoms with Gasteiger partial charge in [-0.3, -0.25) is 14.4 Å². The number of carboxylic acids is 1. The first kappa shape index (κ1) is 18.5. The molecule has 0 aromatic rings. The van der Waals surface area contributed by atoms with Crippen molar-refractivity contribution < 1.29 is 29.0 Å². The van der Waals surface area contributed by atoms with E-state index in [1.807, 2.05) is 0 Å². The van der Waals surface area contributed by atoms with Crippen LogP contribution >= 0.6 is 0 Å². The molecule has 6 heteroatoms. The number of carbonyl (C=O) groups is 3. The molecule has 0 aromatic heterocycles. The normalized spacial score (nSPS) is 22.9. The van der Waals surface area contributed by atoms with E-state index < -0.39 is 18.2 Å². The Kier molecular flexibility index (Phi) is 7.35. The van der Waals surface area contributed by atoms with Gasteiger partial charge in [-0.1, -0.05) is 13.8 Å². The zero-order valence-corrected chi connectivity index (χ0v) is 13.5. The van der Waals surface area contributed by atoms with Crippen molar-refractivity contribution in [2.45, 2.75) is 65.6 Å². The minimum atomic E-state index is -0.870. The molecule has 0 saturated heterocycles. The van der Waals surface area contributed by atoms with E-state index in [1.165, 1.54) is 6.92 Å². The summed E-state index contributed by atoms with van der Waals surface area (Å²) in [5, 5.41) is 8.94. The molecule has 126 valence electrons.